The Balaban J connectivity index is 2.07. The lowest BCUT2D eigenvalue weighted by Gasteiger charge is -2.05. The van der Waals surface area contributed by atoms with Crippen molar-refractivity contribution in [1.29, 1.82) is 0 Å². The smallest absolute Gasteiger partial charge is 0.270 e. The maximum Gasteiger partial charge on any atom is 0.270 e. The van der Waals surface area contributed by atoms with E-state index in [9.17, 15) is 15.2 Å². The number of hydrogen-bond acceptors (Lipinski definition) is 5. The first-order chi connectivity index (χ1) is 11.0. The monoisotopic (exact) mass is 327 g/mol. The van der Waals surface area contributed by atoms with Crippen molar-refractivity contribution in [2.75, 3.05) is 0 Å². The number of aromatic hydroxyl groups is 1. The Morgan fingerprint density at radius 2 is 2.04 bits per heavy atom. The molecule has 7 heteroatoms. The van der Waals surface area contributed by atoms with Crippen LogP contribution in [0.4, 0.5) is 11.5 Å². The van der Waals surface area contributed by atoms with Gasteiger partial charge in [0, 0.05) is 30.1 Å². The van der Waals surface area contributed by atoms with Gasteiger partial charge in [0.1, 0.15) is 5.75 Å². The molecule has 0 saturated carbocycles. The molecule has 0 fully saturated rings. The van der Waals surface area contributed by atoms with Crippen LogP contribution in [0.15, 0.2) is 53.7 Å². The third kappa shape index (κ3) is 3.12. The molecule has 3 aromatic rings. The summed E-state index contributed by atoms with van der Waals surface area (Å²) in [6.45, 7) is 0. The zero-order valence-corrected chi connectivity index (χ0v) is 12.4. The van der Waals surface area contributed by atoms with Crippen molar-refractivity contribution in [1.82, 2.24) is 4.98 Å². The van der Waals surface area contributed by atoms with E-state index in [4.69, 9.17) is 11.6 Å². The van der Waals surface area contributed by atoms with Gasteiger partial charge < -0.3 is 5.11 Å². The molecule has 2 aromatic carbocycles. The number of non-ortho nitro benzene ring substituents is 1. The molecular formula is C16H10ClN3O3. The van der Waals surface area contributed by atoms with E-state index >= 15 is 0 Å². The van der Waals surface area contributed by atoms with Crippen LogP contribution < -0.4 is 0 Å². The Morgan fingerprint density at radius 1 is 1.22 bits per heavy atom. The number of rotatable bonds is 3. The van der Waals surface area contributed by atoms with Crippen LogP contribution >= 0.6 is 11.6 Å². The average molecular weight is 328 g/mol. The predicted octanol–water partition coefficient (Wildman–Crippen LogP) is 4.25. The summed E-state index contributed by atoms with van der Waals surface area (Å²) >= 11 is 5.76. The second-order valence-electron chi connectivity index (χ2n) is 4.75. The topological polar surface area (TPSA) is 88.6 Å². The fourth-order valence-electron chi connectivity index (χ4n) is 2.15. The van der Waals surface area contributed by atoms with Crippen LogP contribution in [-0.4, -0.2) is 21.2 Å². The standard InChI is InChI=1S/C16H10ClN3O3/c17-11-2-6-16(18-8-11)19-9-14-13-4-3-12(20(22)23)7-10(13)1-5-15(14)21/h1-9,21H. The van der Waals surface area contributed by atoms with Crippen molar-refractivity contribution >= 4 is 40.1 Å². The Kier molecular flexibility index (Phi) is 3.91. The number of phenols is 1. The van der Waals surface area contributed by atoms with Gasteiger partial charge in [0.15, 0.2) is 5.82 Å². The molecule has 0 saturated heterocycles. The predicted molar refractivity (Wildman–Crippen MR) is 88.8 cm³/mol. The highest BCUT2D eigenvalue weighted by Crippen LogP contribution is 2.29. The lowest BCUT2D eigenvalue weighted by Crippen LogP contribution is -1.90. The third-order valence-corrected chi connectivity index (χ3v) is 3.49. The molecule has 0 spiro atoms. The van der Waals surface area contributed by atoms with Crippen molar-refractivity contribution < 1.29 is 10.0 Å². The van der Waals surface area contributed by atoms with Gasteiger partial charge in [-0.05, 0) is 35.0 Å². The zero-order chi connectivity index (χ0) is 16.4. The van der Waals surface area contributed by atoms with Gasteiger partial charge in [0.2, 0.25) is 0 Å². The van der Waals surface area contributed by atoms with Gasteiger partial charge >= 0.3 is 0 Å². The molecule has 1 aromatic heterocycles. The Bertz CT molecular complexity index is 924. The minimum atomic E-state index is -0.461. The lowest BCUT2D eigenvalue weighted by atomic mass is 10.0. The highest BCUT2D eigenvalue weighted by atomic mass is 35.5. The second kappa shape index (κ2) is 6.02. The number of hydrogen-bond donors (Lipinski definition) is 1. The van der Waals surface area contributed by atoms with Crippen molar-refractivity contribution in [3.8, 4) is 5.75 Å². The highest BCUT2D eigenvalue weighted by molar-refractivity contribution is 6.30. The Labute approximate surface area is 135 Å². The van der Waals surface area contributed by atoms with Gasteiger partial charge in [-0.15, -0.1) is 0 Å². The molecule has 1 N–H and O–H groups in total. The second-order valence-corrected chi connectivity index (χ2v) is 5.19. The largest absolute Gasteiger partial charge is 0.507 e. The summed E-state index contributed by atoms with van der Waals surface area (Å²) in [5.74, 6) is 0.469. The number of nitro benzene ring substituents is 1. The summed E-state index contributed by atoms with van der Waals surface area (Å²) in [7, 11) is 0. The summed E-state index contributed by atoms with van der Waals surface area (Å²) in [5, 5.41) is 22.7. The molecule has 0 amide bonds. The number of phenolic OH excluding ortho intramolecular Hbond substituents is 1. The summed E-state index contributed by atoms with van der Waals surface area (Å²) in [4.78, 5) is 18.6. The molecule has 23 heavy (non-hydrogen) atoms. The van der Waals surface area contributed by atoms with Gasteiger partial charge in [-0.3, -0.25) is 10.1 Å². The van der Waals surface area contributed by atoms with Crippen molar-refractivity contribution in [3.05, 3.63) is 69.4 Å². The minimum Gasteiger partial charge on any atom is -0.507 e. The number of nitrogens with zero attached hydrogens (tertiary/aromatic N) is 3. The molecule has 0 atom stereocenters. The number of fused-ring (bicyclic) bond motifs is 1. The molecule has 114 valence electrons. The first-order valence-electron chi connectivity index (χ1n) is 6.60. The number of benzene rings is 2. The van der Waals surface area contributed by atoms with Crippen molar-refractivity contribution in [2.45, 2.75) is 0 Å². The van der Waals surface area contributed by atoms with Gasteiger partial charge in [-0.2, -0.15) is 0 Å². The molecular weight excluding hydrogens is 318 g/mol. The summed E-state index contributed by atoms with van der Waals surface area (Å²) in [6, 6.07) is 10.8. The van der Waals surface area contributed by atoms with Crippen molar-refractivity contribution in [2.24, 2.45) is 4.99 Å². The first-order valence-corrected chi connectivity index (χ1v) is 6.98. The lowest BCUT2D eigenvalue weighted by molar-refractivity contribution is -0.384. The van der Waals surface area contributed by atoms with E-state index in [1.54, 1.807) is 24.3 Å². The molecule has 0 aliphatic heterocycles. The zero-order valence-electron chi connectivity index (χ0n) is 11.7. The van der Waals surface area contributed by atoms with E-state index in [1.165, 1.54) is 30.6 Å². The van der Waals surface area contributed by atoms with E-state index in [2.05, 4.69) is 9.98 Å². The summed E-state index contributed by atoms with van der Waals surface area (Å²) in [5.41, 5.74) is 0.458. The highest BCUT2D eigenvalue weighted by Gasteiger charge is 2.10. The van der Waals surface area contributed by atoms with Crippen LogP contribution in [0.2, 0.25) is 5.02 Å². The van der Waals surface area contributed by atoms with Crippen LogP contribution in [0.25, 0.3) is 10.8 Å². The molecule has 6 nitrogen and oxygen atoms in total. The first kappa shape index (κ1) is 14.9. The molecule has 0 unspecified atom stereocenters. The van der Waals surface area contributed by atoms with E-state index in [-0.39, 0.29) is 11.4 Å². The quantitative estimate of drug-likeness (QED) is 0.442. The van der Waals surface area contributed by atoms with Crippen LogP contribution in [0.1, 0.15) is 5.56 Å². The Hall–Kier alpha value is -2.99. The molecule has 1 heterocycles. The van der Waals surface area contributed by atoms with E-state index in [0.29, 0.717) is 27.2 Å². The molecule has 0 bridgehead atoms. The van der Waals surface area contributed by atoms with Crippen LogP contribution in [-0.2, 0) is 0 Å². The SMILES string of the molecule is O=[N+]([O-])c1ccc2c(C=Nc3ccc(Cl)cn3)c(O)ccc2c1. The number of halogens is 1. The van der Waals surface area contributed by atoms with Crippen LogP contribution in [0.5, 0.6) is 5.75 Å². The van der Waals surface area contributed by atoms with Crippen LogP contribution in [0, 0.1) is 10.1 Å². The van der Waals surface area contributed by atoms with Crippen molar-refractivity contribution in [3.63, 3.8) is 0 Å². The number of aliphatic imine (C=N–C) groups is 1. The summed E-state index contributed by atoms with van der Waals surface area (Å²) in [6.07, 6.45) is 2.94. The third-order valence-electron chi connectivity index (χ3n) is 3.27. The maximum atomic E-state index is 10.8. The number of aromatic nitrogens is 1. The molecule has 0 aliphatic carbocycles. The Morgan fingerprint density at radius 3 is 2.74 bits per heavy atom. The van der Waals surface area contributed by atoms with E-state index in [0.717, 1.165) is 0 Å². The van der Waals surface area contributed by atoms with Gasteiger partial charge in [-0.25, -0.2) is 9.98 Å². The number of pyridine rings is 1. The van der Waals surface area contributed by atoms with Gasteiger partial charge in [0.25, 0.3) is 5.69 Å². The average Bonchev–Trinajstić information content (AvgIpc) is 2.55. The van der Waals surface area contributed by atoms with E-state index in [1.807, 2.05) is 0 Å². The minimum absolute atomic E-state index is 0.00885. The maximum absolute atomic E-state index is 10.8. The summed E-state index contributed by atoms with van der Waals surface area (Å²) < 4.78 is 0. The molecule has 3 rings (SSSR count). The van der Waals surface area contributed by atoms with Crippen LogP contribution in [0.3, 0.4) is 0 Å². The molecule has 0 aliphatic rings. The normalized spacial score (nSPS) is 11.2. The fraction of sp³-hybridized carbons (Fsp3) is 0. The molecule has 0 radical (unpaired) electrons. The number of nitro groups is 1. The van der Waals surface area contributed by atoms with E-state index < -0.39 is 4.92 Å². The fourth-order valence-corrected chi connectivity index (χ4v) is 2.27. The van der Waals surface area contributed by atoms with Gasteiger partial charge in [-0.1, -0.05) is 17.7 Å². The van der Waals surface area contributed by atoms with Gasteiger partial charge in [0.05, 0.1) is 9.95 Å².